The minimum Gasteiger partial charge on any atom is -0.480 e. The summed E-state index contributed by atoms with van der Waals surface area (Å²) in [5.41, 5.74) is 4.54. The molecule has 0 saturated carbocycles. The molecule has 0 radical (unpaired) electrons. The number of amides is 2. The summed E-state index contributed by atoms with van der Waals surface area (Å²) >= 11 is 0. The lowest BCUT2D eigenvalue weighted by Crippen LogP contribution is -2.42. The molecule has 4 rings (SSSR count). The second kappa shape index (κ2) is 9.20. The third kappa shape index (κ3) is 4.19. The minimum atomic E-state index is -1.12. The van der Waals surface area contributed by atoms with Gasteiger partial charge in [0.15, 0.2) is 0 Å². The van der Waals surface area contributed by atoms with E-state index < -0.39 is 24.0 Å². The van der Waals surface area contributed by atoms with Crippen LogP contribution >= 0.6 is 0 Å². The first-order chi connectivity index (χ1) is 15.9. The maximum absolute atomic E-state index is 12.7. The van der Waals surface area contributed by atoms with Crippen LogP contribution in [0.2, 0.25) is 0 Å². The third-order valence-corrected chi connectivity index (χ3v) is 5.90. The van der Waals surface area contributed by atoms with E-state index in [1.807, 2.05) is 36.4 Å². The number of carbonyl (C=O) groups excluding carboxylic acids is 2. The number of likely N-dealkylation sites (N-methyl/N-ethyl adjacent to an activating group) is 1. The Balaban J connectivity index is 1.45. The summed E-state index contributed by atoms with van der Waals surface area (Å²) in [6.45, 7) is 1.79. The van der Waals surface area contributed by atoms with E-state index in [-0.39, 0.29) is 30.4 Å². The number of rotatable bonds is 7. The maximum Gasteiger partial charge on any atom is 0.411 e. The lowest BCUT2D eigenvalue weighted by atomic mass is 9.98. The Morgan fingerprint density at radius 1 is 1.06 bits per heavy atom. The van der Waals surface area contributed by atoms with Crippen LogP contribution in [0.3, 0.4) is 0 Å². The first-order valence-corrected chi connectivity index (χ1v) is 10.6. The molecule has 1 heterocycles. The number of aliphatic carboxylic acids is 1. The number of hydrogen-bond donors (Lipinski definition) is 2. The monoisotopic (exact) mass is 448 g/mol. The number of fused-ring (bicyclic) bond motifs is 3. The summed E-state index contributed by atoms with van der Waals surface area (Å²) in [5, 5.41) is 11.8. The second-order valence-electron chi connectivity index (χ2n) is 7.79. The topological polar surface area (TPSA) is 109 Å². The van der Waals surface area contributed by atoms with Crippen molar-refractivity contribution in [2.24, 2.45) is 0 Å². The molecular formula is C25H24N2O6. The van der Waals surface area contributed by atoms with Crippen LogP contribution in [-0.4, -0.2) is 47.7 Å². The van der Waals surface area contributed by atoms with Gasteiger partial charge in [-0.05, 0) is 28.7 Å². The molecule has 2 aromatic carbocycles. The molecule has 2 N–H and O–H groups in total. The molecule has 0 aliphatic heterocycles. The highest BCUT2D eigenvalue weighted by Gasteiger charge is 2.31. The van der Waals surface area contributed by atoms with Crippen molar-refractivity contribution < 1.29 is 28.6 Å². The number of carbonyl (C=O) groups is 3. The summed E-state index contributed by atoms with van der Waals surface area (Å²) in [6, 6.07) is 16.4. The minimum absolute atomic E-state index is 0.0967. The van der Waals surface area contributed by atoms with E-state index in [1.54, 1.807) is 6.92 Å². The quantitative estimate of drug-likeness (QED) is 0.548. The van der Waals surface area contributed by atoms with Crippen molar-refractivity contribution in [3.8, 4) is 11.1 Å². The van der Waals surface area contributed by atoms with Crippen LogP contribution in [0.15, 0.2) is 65.3 Å². The molecular weight excluding hydrogens is 424 g/mol. The predicted octanol–water partition coefficient (Wildman–Crippen LogP) is 4.58. The van der Waals surface area contributed by atoms with Crippen LogP contribution in [0.4, 0.5) is 10.5 Å². The van der Waals surface area contributed by atoms with E-state index in [4.69, 9.17) is 9.15 Å². The number of nitrogens with one attached hydrogen (secondary N) is 1. The van der Waals surface area contributed by atoms with Crippen LogP contribution in [0, 0.1) is 0 Å². The van der Waals surface area contributed by atoms with Gasteiger partial charge in [0.05, 0.1) is 12.0 Å². The molecule has 0 saturated heterocycles. The zero-order valence-corrected chi connectivity index (χ0v) is 18.3. The van der Waals surface area contributed by atoms with Crippen LogP contribution in [0.25, 0.3) is 11.1 Å². The van der Waals surface area contributed by atoms with E-state index in [2.05, 4.69) is 17.4 Å². The van der Waals surface area contributed by atoms with Crippen molar-refractivity contribution in [2.75, 3.05) is 19.0 Å². The smallest absolute Gasteiger partial charge is 0.411 e. The number of carboxylic acid groups (broad SMARTS) is 1. The Morgan fingerprint density at radius 3 is 2.24 bits per heavy atom. The standard InChI is InChI=1S/C25H24N2O6/c1-3-21(24(29)30)27(2)23(28)22-20(12-13-32-22)26-25(31)33-14-19-17-10-6-4-8-15(17)16-9-5-7-11-18(16)19/h4-13,19,21H,3,14H2,1-2H3,(H,26,31)(H,29,30). The molecule has 2 amide bonds. The molecule has 1 atom stereocenters. The van der Waals surface area contributed by atoms with Crippen LogP contribution in [-0.2, 0) is 9.53 Å². The summed E-state index contributed by atoms with van der Waals surface area (Å²) < 4.78 is 10.7. The Labute approximate surface area is 190 Å². The van der Waals surface area contributed by atoms with Gasteiger partial charge in [0.1, 0.15) is 12.6 Å². The second-order valence-corrected chi connectivity index (χ2v) is 7.79. The fourth-order valence-corrected chi connectivity index (χ4v) is 4.23. The van der Waals surface area contributed by atoms with Gasteiger partial charge in [-0.3, -0.25) is 10.1 Å². The summed E-state index contributed by atoms with van der Waals surface area (Å²) in [4.78, 5) is 37.7. The first kappa shape index (κ1) is 22.1. The Morgan fingerprint density at radius 2 is 1.67 bits per heavy atom. The normalized spacial score (nSPS) is 13.0. The molecule has 1 unspecified atom stereocenters. The van der Waals surface area contributed by atoms with Crippen molar-refractivity contribution in [1.82, 2.24) is 4.90 Å². The van der Waals surface area contributed by atoms with Crippen molar-refractivity contribution in [2.45, 2.75) is 25.3 Å². The zero-order valence-electron chi connectivity index (χ0n) is 18.3. The number of carboxylic acids is 1. The molecule has 1 aliphatic rings. The Bertz CT molecular complexity index is 1160. The zero-order chi connectivity index (χ0) is 23.5. The van der Waals surface area contributed by atoms with Crippen molar-refractivity contribution in [3.63, 3.8) is 0 Å². The Kier molecular flexibility index (Phi) is 6.17. The van der Waals surface area contributed by atoms with Crippen molar-refractivity contribution in [1.29, 1.82) is 0 Å². The van der Waals surface area contributed by atoms with Gasteiger partial charge in [0.25, 0.3) is 5.91 Å². The van der Waals surface area contributed by atoms with Gasteiger partial charge in [-0.2, -0.15) is 0 Å². The van der Waals surface area contributed by atoms with Gasteiger partial charge in [-0.15, -0.1) is 0 Å². The van der Waals surface area contributed by atoms with Crippen LogP contribution in [0.1, 0.15) is 40.9 Å². The van der Waals surface area contributed by atoms with E-state index in [0.717, 1.165) is 27.2 Å². The van der Waals surface area contributed by atoms with Crippen LogP contribution < -0.4 is 5.32 Å². The van der Waals surface area contributed by atoms with Gasteiger partial charge in [0.2, 0.25) is 5.76 Å². The molecule has 8 nitrogen and oxygen atoms in total. The van der Waals surface area contributed by atoms with Gasteiger partial charge in [-0.25, -0.2) is 9.59 Å². The molecule has 170 valence electrons. The van der Waals surface area contributed by atoms with Crippen molar-refractivity contribution >= 4 is 23.7 Å². The lowest BCUT2D eigenvalue weighted by Gasteiger charge is -2.23. The molecule has 1 aromatic heterocycles. The summed E-state index contributed by atoms with van der Waals surface area (Å²) in [6.07, 6.45) is 0.746. The van der Waals surface area contributed by atoms with E-state index >= 15 is 0 Å². The number of furan rings is 1. The summed E-state index contributed by atoms with van der Waals surface area (Å²) in [7, 11) is 1.38. The number of hydrogen-bond acceptors (Lipinski definition) is 5. The molecule has 1 aliphatic carbocycles. The van der Waals surface area contributed by atoms with Gasteiger partial charge >= 0.3 is 12.1 Å². The number of nitrogens with zero attached hydrogens (tertiary/aromatic N) is 1. The van der Waals surface area contributed by atoms with E-state index in [1.165, 1.54) is 19.4 Å². The third-order valence-electron chi connectivity index (χ3n) is 5.90. The largest absolute Gasteiger partial charge is 0.480 e. The average molecular weight is 448 g/mol. The Hall–Kier alpha value is -4.07. The van der Waals surface area contributed by atoms with Crippen molar-refractivity contribution in [3.05, 3.63) is 77.7 Å². The predicted molar refractivity (Wildman–Crippen MR) is 121 cm³/mol. The molecule has 33 heavy (non-hydrogen) atoms. The molecule has 8 heteroatoms. The molecule has 0 spiro atoms. The highest BCUT2D eigenvalue weighted by Crippen LogP contribution is 2.44. The number of benzene rings is 2. The van der Waals surface area contributed by atoms with E-state index in [9.17, 15) is 19.5 Å². The number of ether oxygens (including phenoxy) is 1. The maximum atomic E-state index is 12.7. The molecule has 0 bridgehead atoms. The van der Waals surface area contributed by atoms with Gasteiger partial charge in [-0.1, -0.05) is 55.5 Å². The number of anilines is 1. The molecule has 3 aromatic rings. The highest BCUT2D eigenvalue weighted by atomic mass is 16.5. The average Bonchev–Trinajstić information content (AvgIpc) is 3.39. The van der Waals surface area contributed by atoms with E-state index in [0.29, 0.717) is 0 Å². The van der Waals surface area contributed by atoms with Gasteiger partial charge < -0.3 is 19.2 Å². The fraction of sp³-hybridized carbons (Fsp3) is 0.240. The first-order valence-electron chi connectivity index (χ1n) is 10.6. The molecule has 0 fully saturated rings. The van der Waals surface area contributed by atoms with Gasteiger partial charge in [0, 0.05) is 19.0 Å². The van der Waals surface area contributed by atoms with Crippen LogP contribution in [0.5, 0.6) is 0 Å². The SMILES string of the molecule is CCC(C(=O)O)N(C)C(=O)c1occc1NC(=O)OCC1c2ccccc2-c2ccccc21. The lowest BCUT2D eigenvalue weighted by molar-refractivity contribution is -0.142. The highest BCUT2D eigenvalue weighted by molar-refractivity contribution is 6.01. The summed E-state index contributed by atoms with van der Waals surface area (Å²) in [5.74, 6) is -2.03. The fourth-order valence-electron chi connectivity index (χ4n) is 4.23.